The number of benzene rings is 1. The van der Waals surface area contributed by atoms with Gasteiger partial charge in [-0.15, -0.1) is 0 Å². The minimum Gasteiger partial charge on any atom is -0.354 e. The summed E-state index contributed by atoms with van der Waals surface area (Å²) in [7, 11) is 0. The Bertz CT molecular complexity index is 845. The van der Waals surface area contributed by atoms with Gasteiger partial charge >= 0.3 is 0 Å². The van der Waals surface area contributed by atoms with Crippen LogP contribution in [0.1, 0.15) is 18.4 Å². The highest BCUT2D eigenvalue weighted by molar-refractivity contribution is 9.10. The quantitative estimate of drug-likeness (QED) is 0.533. The highest BCUT2D eigenvalue weighted by Crippen LogP contribution is 2.28. The second-order valence-electron chi connectivity index (χ2n) is 6.00. The first kappa shape index (κ1) is 18.3. The van der Waals surface area contributed by atoms with Gasteiger partial charge < -0.3 is 10.6 Å². The average Bonchev–Trinajstić information content (AvgIpc) is 3.38. The predicted molar refractivity (Wildman–Crippen MR) is 99.0 cm³/mol. The summed E-state index contributed by atoms with van der Waals surface area (Å²) in [6, 6.07) is 4.64. The maximum absolute atomic E-state index is 14.2. The van der Waals surface area contributed by atoms with Crippen molar-refractivity contribution >= 4 is 33.8 Å². The van der Waals surface area contributed by atoms with Gasteiger partial charge in [0, 0.05) is 31.3 Å². The van der Waals surface area contributed by atoms with E-state index in [9.17, 15) is 14.0 Å². The molecule has 26 heavy (non-hydrogen) atoms. The molecule has 2 aromatic rings. The Hall–Kier alpha value is -2.48. The molecule has 3 rings (SSSR count). The highest BCUT2D eigenvalue weighted by Gasteiger charge is 2.28. The minimum atomic E-state index is -0.439. The van der Waals surface area contributed by atoms with E-state index in [-0.39, 0.29) is 17.7 Å². The number of nitrogens with zero attached hydrogens (tertiary/aromatic N) is 2. The van der Waals surface area contributed by atoms with Crippen molar-refractivity contribution in [3.63, 3.8) is 0 Å². The Labute approximate surface area is 158 Å². The van der Waals surface area contributed by atoms with Gasteiger partial charge in [-0.1, -0.05) is 6.07 Å². The van der Waals surface area contributed by atoms with Gasteiger partial charge in [-0.25, -0.2) is 9.07 Å². The van der Waals surface area contributed by atoms with Crippen LogP contribution < -0.4 is 10.6 Å². The summed E-state index contributed by atoms with van der Waals surface area (Å²) in [5.74, 6) is -0.530. The molecule has 1 aliphatic rings. The van der Waals surface area contributed by atoms with E-state index in [2.05, 4.69) is 31.7 Å². The van der Waals surface area contributed by atoms with Gasteiger partial charge in [0.05, 0.1) is 10.7 Å². The molecule has 1 aromatic carbocycles. The Balaban J connectivity index is 1.48. The summed E-state index contributed by atoms with van der Waals surface area (Å²) in [5.41, 5.74) is 0.887. The van der Waals surface area contributed by atoms with Crippen LogP contribution in [0.4, 0.5) is 4.39 Å². The van der Waals surface area contributed by atoms with Crippen molar-refractivity contribution in [3.8, 4) is 5.69 Å². The first-order valence-corrected chi connectivity index (χ1v) is 9.06. The van der Waals surface area contributed by atoms with E-state index in [1.54, 1.807) is 24.5 Å². The molecule has 1 aromatic heterocycles. The van der Waals surface area contributed by atoms with Crippen molar-refractivity contribution in [3.05, 3.63) is 52.5 Å². The molecular weight excluding hydrogens is 403 g/mol. The first-order valence-electron chi connectivity index (χ1n) is 8.26. The van der Waals surface area contributed by atoms with Crippen LogP contribution in [-0.4, -0.2) is 34.7 Å². The van der Waals surface area contributed by atoms with Crippen LogP contribution in [0.15, 0.2) is 41.1 Å². The maximum Gasteiger partial charge on any atom is 0.244 e. The highest BCUT2D eigenvalue weighted by atomic mass is 79.9. The van der Waals surface area contributed by atoms with Crippen LogP contribution in [0.5, 0.6) is 0 Å². The largest absolute Gasteiger partial charge is 0.354 e. The number of hydrogen-bond donors (Lipinski definition) is 2. The number of carbonyl (C=O) groups excluding carboxylic acids is 2. The molecule has 0 radical (unpaired) electrons. The van der Waals surface area contributed by atoms with E-state index in [4.69, 9.17) is 0 Å². The molecule has 0 atom stereocenters. The normalized spacial score (nSPS) is 13.8. The van der Waals surface area contributed by atoms with Gasteiger partial charge in [-0.05, 0) is 52.5 Å². The summed E-state index contributed by atoms with van der Waals surface area (Å²) in [5, 5.41) is 9.47. The number of rotatable bonds is 7. The molecule has 0 spiro atoms. The average molecular weight is 421 g/mol. The van der Waals surface area contributed by atoms with E-state index in [1.807, 2.05) is 0 Å². The topological polar surface area (TPSA) is 76.0 Å². The summed E-state index contributed by atoms with van der Waals surface area (Å²) < 4.78 is 16.4. The monoisotopic (exact) mass is 420 g/mol. The molecule has 0 aliphatic heterocycles. The fourth-order valence-electron chi connectivity index (χ4n) is 2.34. The Morgan fingerprint density at radius 2 is 2.08 bits per heavy atom. The molecule has 0 saturated heterocycles. The molecule has 8 heteroatoms. The van der Waals surface area contributed by atoms with Gasteiger partial charge in [0.15, 0.2) is 0 Å². The fourth-order valence-corrected chi connectivity index (χ4v) is 2.62. The molecule has 1 fully saturated rings. The lowest BCUT2D eigenvalue weighted by Gasteiger charge is -2.05. The summed E-state index contributed by atoms with van der Waals surface area (Å²) in [4.78, 5) is 23.2. The lowest BCUT2D eigenvalue weighted by atomic mass is 10.2. The van der Waals surface area contributed by atoms with Crippen LogP contribution >= 0.6 is 15.9 Å². The summed E-state index contributed by atoms with van der Waals surface area (Å²) in [6.07, 6.45) is 8.00. The lowest BCUT2D eigenvalue weighted by molar-refractivity contribution is -0.122. The number of halogens is 2. The van der Waals surface area contributed by atoms with Crippen molar-refractivity contribution in [2.75, 3.05) is 13.1 Å². The molecule has 136 valence electrons. The smallest absolute Gasteiger partial charge is 0.244 e. The van der Waals surface area contributed by atoms with Crippen molar-refractivity contribution in [2.45, 2.75) is 12.8 Å². The Kier molecular flexibility index (Phi) is 5.82. The minimum absolute atomic E-state index is 0.0505. The molecule has 2 amide bonds. The van der Waals surface area contributed by atoms with E-state index in [0.717, 1.165) is 17.3 Å². The van der Waals surface area contributed by atoms with Crippen LogP contribution in [0.2, 0.25) is 0 Å². The van der Waals surface area contributed by atoms with E-state index in [1.165, 1.54) is 22.9 Å². The van der Waals surface area contributed by atoms with Crippen molar-refractivity contribution < 1.29 is 14.0 Å². The zero-order valence-corrected chi connectivity index (χ0v) is 15.5. The third kappa shape index (κ3) is 5.01. The third-order valence-electron chi connectivity index (χ3n) is 3.87. The van der Waals surface area contributed by atoms with Crippen molar-refractivity contribution in [1.29, 1.82) is 0 Å². The molecule has 6 nitrogen and oxygen atoms in total. The fraction of sp³-hybridized carbons (Fsp3) is 0.278. The van der Waals surface area contributed by atoms with Gasteiger partial charge in [-0.3, -0.25) is 9.59 Å². The summed E-state index contributed by atoms with van der Waals surface area (Å²) in [6.45, 7) is 0.751. The summed E-state index contributed by atoms with van der Waals surface area (Å²) >= 11 is 3.27. The number of aromatic nitrogens is 2. The van der Waals surface area contributed by atoms with Gasteiger partial charge in [0.2, 0.25) is 11.8 Å². The molecule has 2 N–H and O–H groups in total. The molecular formula is C18H18BrFN4O2. The van der Waals surface area contributed by atoms with Crippen LogP contribution in [0, 0.1) is 11.7 Å². The third-order valence-corrected chi connectivity index (χ3v) is 4.28. The van der Waals surface area contributed by atoms with Gasteiger partial charge in [0.25, 0.3) is 0 Å². The standard InChI is InChI=1S/C18H18BrFN4O2/c19-14-10-23-24(11-14)16-5-1-12(9-15(16)20)2-6-17(25)21-7-8-22-18(26)13-3-4-13/h1-2,5-6,9-11,13H,3-4,7-8H2,(H,21,25)(H,22,26)/b6-2+. The molecule has 1 aliphatic carbocycles. The molecule has 1 heterocycles. The first-order chi connectivity index (χ1) is 12.5. The molecule has 0 unspecified atom stereocenters. The maximum atomic E-state index is 14.2. The van der Waals surface area contributed by atoms with Gasteiger partial charge in [0.1, 0.15) is 11.5 Å². The predicted octanol–water partition coefficient (Wildman–Crippen LogP) is 2.43. The number of amides is 2. The van der Waals surface area contributed by atoms with E-state index < -0.39 is 5.82 Å². The second-order valence-corrected chi connectivity index (χ2v) is 6.92. The van der Waals surface area contributed by atoms with E-state index >= 15 is 0 Å². The van der Waals surface area contributed by atoms with Crippen LogP contribution in [0.3, 0.4) is 0 Å². The van der Waals surface area contributed by atoms with Crippen LogP contribution in [-0.2, 0) is 9.59 Å². The number of nitrogens with one attached hydrogen (secondary N) is 2. The SMILES string of the molecule is O=C(/C=C/c1ccc(-n2cc(Br)cn2)c(F)c1)NCCNC(=O)C1CC1. The number of hydrogen-bond acceptors (Lipinski definition) is 3. The Morgan fingerprint density at radius 3 is 2.73 bits per heavy atom. The van der Waals surface area contributed by atoms with E-state index in [0.29, 0.717) is 24.3 Å². The number of carbonyl (C=O) groups is 2. The zero-order valence-electron chi connectivity index (χ0n) is 13.9. The van der Waals surface area contributed by atoms with Crippen molar-refractivity contribution in [1.82, 2.24) is 20.4 Å². The Morgan fingerprint density at radius 1 is 1.31 bits per heavy atom. The molecule has 1 saturated carbocycles. The molecule has 0 bridgehead atoms. The zero-order chi connectivity index (χ0) is 18.5. The lowest BCUT2D eigenvalue weighted by Crippen LogP contribution is -2.34. The van der Waals surface area contributed by atoms with Crippen LogP contribution in [0.25, 0.3) is 11.8 Å². The van der Waals surface area contributed by atoms with Crippen molar-refractivity contribution in [2.24, 2.45) is 5.92 Å². The van der Waals surface area contributed by atoms with Gasteiger partial charge in [-0.2, -0.15) is 5.10 Å². The second kappa shape index (κ2) is 8.27.